The molecule has 0 aliphatic heterocycles. The van der Waals surface area contributed by atoms with Gasteiger partial charge in [-0.05, 0) is 55.8 Å². The van der Waals surface area contributed by atoms with Gasteiger partial charge in [-0.15, -0.1) is 0 Å². The van der Waals surface area contributed by atoms with E-state index in [4.69, 9.17) is 9.72 Å². The second-order valence-electron chi connectivity index (χ2n) is 7.43. The van der Waals surface area contributed by atoms with Crippen LogP contribution in [0.1, 0.15) is 11.3 Å². The van der Waals surface area contributed by atoms with Crippen molar-refractivity contribution in [3.63, 3.8) is 0 Å². The molecule has 4 rings (SSSR count). The van der Waals surface area contributed by atoms with Gasteiger partial charge in [-0.25, -0.2) is 4.98 Å². The Morgan fingerprint density at radius 1 is 1.00 bits per heavy atom. The van der Waals surface area contributed by atoms with Gasteiger partial charge in [0.1, 0.15) is 5.75 Å². The highest BCUT2D eigenvalue weighted by molar-refractivity contribution is 7.99. The number of carbonyl (C=O) groups excluding carboxylic acids is 1. The SMILES string of the molecule is COc1ccc(NC(=O)CSc2nc(-c3ccccc3)c(C)n2-c2cccc(C)c2)cc1. The van der Waals surface area contributed by atoms with Crippen LogP contribution in [0.25, 0.3) is 16.9 Å². The van der Waals surface area contributed by atoms with Crippen molar-refractivity contribution in [3.05, 3.63) is 90.1 Å². The molecule has 0 radical (unpaired) electrons. The van der Waals surface area contributed by atoms with E-state index in [0.29, 0.717) is 0 Å². The van der Waals surface area contributed by atoms with Crippen molar-refractivity contribution in [2.24, 2.45) is 0 Å². The highest BCUT2D eigenvalue weighted by Crippen LogP contribution is 2.31. The summed E-state index contributed by atoms with van der Waals surface area (Å²) in [4.78, 5) is 17.5. The lowest BCUT2D eigenvalue weighted by Crippen LogP contribution is -2.14. The van der Waals surface area contributed by atoms with Gasteiger partial charge in [-0.3, -0.25) is 9.36 Å². The molecule has 162 valence electrons. The van der Waals surface area contributed by atoms with Crippen LogP contribution in [0, 0.1) is 13.8 Å². The van der Waals surface area contributed by atoms with Crippen molar-refractivity contribution < 1.29 is 9.53 Å². The number of aryl methyl sites for hydroxylation is 1. The van der Waals surface area contributed by atoms with Gasteiger partial charge in [0.25, 0.3) is 0 Å². The number of aromatic nitrogens is 2. The lowest BCUT2D eigenvalue weighted by molar-refractivity contribution is -0.113. The summed E-state index contributed by atoms with van der Waals surface area (Å²) in [5.74, 6) is 0.919. The maximum Gasteiger partial charge on any atom is 0.234 e. The molecular weight excluding hydrogens is 418 g/mol. The highest BCUT2D eigenvalue weighted by atomic mass is 32.2. The standard InChI is InChI=1S/C26H25N3O2S/c1-18-8-7-11-22(16-18)29-19(2)25(20-9-5-4-6-10-20)28-26(29)32-17-24(30)27-21-12-14-23(31-3)15-13-21/h4-16H,17H2,1-3H3,(H,27,30). The van der Waals surface area contributed by atoms with Crippen LogP contribution in [-0.2, 0) is 4.79 Å². The largest absolute Gasteiger partial charge is 0.497 e. The second kappa shape index (κ2) is 9.75. The van der Waals surface area contributed by atoms with Crippen molar-refractivity contribution in [2.75, 3.05) is 18.2 Å². The average molecular weight is 444 g/mol. The van der Waals surface area contributed by atoms with E-state index in [2.05, 4.69) is 54.1 Å². The van der Waals surface area contributed by atoms with Crippen LogP contribution in [0.5, 0.6) is 5.75 Å². The van der Waals surface area contributed by atoms with E-state index in [1.54, 1.807) is 7.11 Å². The molecule has 3 aromatic carbocycles. The zero-order valence-corrected chi connectivity index (χ0v) is 19.1. The van der Waals surface area contributed by atoms with Crippen molar-refractivity contribution in [1.82, 2.24) is 9.55 Å². The quantitative estimate of drug-likeness (QED) is 0.362. The predicted molar refractivity (Wildman–Crippen MR) is 131 cm³/mol. The molecule has 0 spiro atoms. The first-order valence-electron chi connectivity index (χ1n) is 10.3. The number of methoxy groups -OCH3 is 1. The minimum absolute atomic E-state index is 0.0853. The Bertz CT molecular complexity index is 1220. The molecule has 0 saturated carbocycles. The number of thioether (sulfide) groups is 1. The number of amides is 1. The molecule has 4 aromatic rings. The number of hydrogen-bond donors (Lipinski definition) is 1. The summed E-state index contributed by atoms with van der Waals surface area (Å²) in [5.41, 5.74) is 5.96. The van der Waals surface area contributed by atoms with Crippen LogP contribution < -0.4 is 10.1 Å². The minimum atomic E-state index is -0.0853. The van der Waals surface area contributed by atoms with E-state index >= 15 is 0 Å². The van der Waals surface area contributed by atoms with E-state index in [0.717, 1.165) is 39.2 Å². The number of carbonyl (C=O) groups is 1. The Morgan fingerprint density at radius 2 is 1.75 bits per heavy atom. The molecule has 5 nitrogen and oxygen atoms in total. The first-order valence-corrected chi connectivity index (χ1v) is 11.3. The van der Waals surface area contributed by atoms with Crippen LogP contribution in [0.15, 0.2) is 84.0 Å². The molecule has 0 atom stereocenters. The summed E-state index contributed by atoms with van der Waals surface area (Å²) in [6.45, 7) is 4.14. The lowest BCUT2D eigenvalue weighted by atomic mass is 10.1. The number of nitrogens with one attached hydrogen (secondary N) is 1. The molecule has 1 amide bonds. The molecule has 0 aliphatic rings. The maximum atomic E-state index is 12.6. The van der Waals surface area contributed by atoms with Crippen molar-refractivity contribution in [2.45, 2.75) is 19.0 Å². The first-order chi connectivity index (χ1) is 15.5. The number of rotatable bonds is 7. The number of benzene rings is 3. The topological polar surface area (TPSA) is 56.1 Å². The molecule has 0 fully saturated rings. The van der Waals surface area contributed by atoms with Crippen molar-refractivity contribution >= 4 is 23.4 Å². The molecule has 1 heterocycles. The molecule has 0 saturated heterocycles. The van der Waals surface area contributed by atoms with Gasteiger partial charge in [0.2, 0.25) is 5.91 Å². The zero-order valence-electron chi connectivity index (χ0n) is 18.3. The Kier molecular flexibility index (Phi) is 6.61. The molecule has 1 aromatic heterocycles. The summed E-state index contributed by atoms with van der Waals surface area (Å²) >= 11 is 1.43. The van der Waals surface area contributed by atoms with Crippen LogP contribution in [0.2, 0.25) is 0 Å². The van der Waals surface area contributed by atoms with Gasteiger partial charge >= 0.3 is 0 Å². The van der Waals surface area contributed by atoms with Crippen molar-refractivity contribution in [3.8, 4) is 22.7 Å². The Balaban J connectivity index is 1.59. The Hall–Kier alpha value is -3.51. The normalized spacial score (nSPS) is 10.7. The second-order valence-corrected chi connectivity index (χ2v) is 8.38. The molecule has 0 bridgehead atoms. The monoisotopic (exact) mass is 443 g/mol. The van der Waals surface area contributed by atoms with Crippen LogP contribution in [-0.4, -0.2) is 28.3 Å². The first kappa shape index (κ1) is 21.7. The van der Waals surface area contributed by atoms with E-state index in [9.17, 15) is 4.79 Å². The number of hydrogen-bond acceptors (Lipinski definition) is 4. The summed E-state index contributed by atoms with van der Waals surface area (Å²) in [5, 5.41) is 3.72. The number of nitrogens with zero attached hydrogens (tertiary/aromatic N) is 2. The third kappa shape index (κ3) is 4.86. The van der Waals surface area contributed by atoms with Gasteiger partial charge in [0, 0.05) is 22.6 Å². The highest BCUT2D eigenvalue weighted by Gasteiger charge is 2.18. The molecular formula is C26H25N3O2S. The van der Waals surface area contributed by atoms with E-state index < -0.39 is 0 Å². The maximum absolute atomic E-state index is 12.6. The van der Waals surface area contributed by atoms with E-state index in [1.807, 2.05) is 48.5 Å². The Labute approximate surface area is 192 Å². The molecule has 6 heteroatoms. The van der Waals surface area contributed by atoms with E-state index in [1.165, 1.54) is 17.3 Å². The van der Waals surface area contributed by atoms with Gasteiger partial charge in [0.15, 0.2) is 5.16 Å². The van der Waals surface area contributed by atoms with Gasteiger partial charge in [0.05, 0.1) is 18.6 Å². The fraction of sp³-hybridized carbons (Fsp3) is 0.154. The Morgan fingerprint density at radius 3 is 2.44 bits per heavy atom. The fourth-order valence-electron chi connectivity index (χ4n) is 3.51. The molecule has 32 heavy (non-hydrogen) atoms. The lowest BCUT2D eigenvalue weighted by Gasteiger charge is -2.11. The summed E-state index contributed by atoms with van der Waals surface area (Å²) in [6, 6.07) is 25.7. The molecule has 0 aliphatic carbocycles. The summed E-state index contributed by atoms with van der Waals surface area (Å²) in [7, 11) is 1.62. The number of imidazole rings is 1. The smallest absolute Gasteiger partial charge is 0.234 e. The average Bonchev–Trinajstić information content (AvgIpc) is 3.15. The van der Waals surface area contributed by atoms with Crippen molar-refractivity contribution in [1.29, 1.82) is 0 Å². The summed E-state index contributed by atoms with van der Waals surface area (Å²) in [6.07, 6.45) is 0. The molecule has 1 N–H and O–H groups in total. The third-order valence-corrected chi connectivity index (χ3v) is 6.03. The van der Waals surface area contributed by atoms with Crippen LogP contribution in [0.3, 0.4) is 0 Å². The van der Waals surface area contributed by atoms with E-state index in [-0.39, 0.29) is 11.7 Å². The summed E-state index contributed by atoms with van der Waals surface area (Å²) < 4.78 is 7.29. The van der Waals surface area contributed by atoms with Crippen LogP contribution in [0.4, 0.5) is 5.69 Å². The minimum Gasteiger partial charge on any atom is -0.497 e. The number of anilines is 1. The predicted octanol–water partition coefficient (Wildman–Crippen LogP) is 5.90. The number of ether oxygens (including phenoxy) is 1. The third-order valence-electron chi connectivity index (χ3n) is 5.09. The van der Waals surface area contributed by atoms with Crippen LogP contribution >= 0.6 is 11.8 Å². The fourth-order valence-corrected chi connectivity index (χ4v) is 4.37. The van der Waals surface area contributed by atoms with Gasteiger partial charge in [-0.1, -0.05) is 54.2 Å². The van der Waals surface area contributed by atoms with Gasteiger partial charge in [-0.2, -0.15) is 0 Å². The molecule has 0 unspecified atom stereocenters. The van der Waals surface area contributed by atoms with Gasteiger partial charge < -0.3 is 10.1 Å². The zero-order chi connectivity index (χ0) is 22.5.